The molecule has 2 heteroatoms. The van der Waals surface area contributed by atoms with Crippen LogP contribution in [0.5, 0.6) is 0 Å². The minimum Gasteiger partial charge on any atom is -0.381 e. The maximum atomic E-state index is 4.52. The summed E-state index contributed by atoms with van der Waals surface area (Å²) in [6, 6.07) is 11.0. The number of aromatic nitrogens is 1. The predicted molar refractivity (Wildman–Crippen MR) is 81.3 cm³/mol. The van der Waals surface area contributed by atoms with Gasteiger partial charge in [-0.25, -0.2) is 0 Å². The van der Waals surface area contributed by atoms with E-state index in [1.54, 1.807) is 0 Å². The first-order chi connectivity index (χ1) is 9.03. The summed E-state index contributed by atoms with van der Waals surface area (Å²) in [5, 5.41) is 4.88. The number of rotatable bonds is 2. The Bertz CT molecular complexity index is 589. The van der Waals surface area contributed by atoms with Gasteiger partial charge >= 0.3 is 0 Å². The fraction of sp³-hybridized carbons (Fsp3) is 0.471. The third-order valence-electron chi connectivity index (χ3n) is 4.28. The van der Waals surface area contributed by atoms with Gasteiger partial charge in [0.2, 0.25) is 0 Å². The van der Waals surface area contributed by atoms with Crippen LogP contribution in [0.2, 0.25) is 0 Å². The Morgan fingerprint density at radius 1 is 1.21 bits per heavy atom. The van der Waals surface area contributed by atoms with Gasteiger partial charge < -0.3 is 5.32 Å². The molecule has 1 saturated carbocycles. The summed E-state index contributed by atoms with van der Waals surface area (Å²) in [5.41, 5.74) is 2.67. The molecule has 0 spiro atoms. The maximum Gasteiger partial charge on any atom is 0.0703 e. The minimum atomic E-state index is 0.460. The van der Waals surface area contributed by atoms with Crippen molar-refractivity contribution in [3.8, 4) is 0 Å². The number of benzene rings is 1. The van der Waals surface area contributed by atoms with E-state index in [2.05, 4.69) is 55.3 Å². The van der Waals surface area contributed by atoms with Gasteiger partial charge in [0.25, 0.3) is 0 Å². The second-order valence-electron chi connectivity index (χ2n) is 6.72. The van der Waals surface area contributed by atoms with E-state index in [9.17, 15) is 0 Å². The van der Waals surface area contributed by atoms with Crippen molar-refractivity contribution in [1.82, 2.24) is 4.98 Å². The molecule has 0 bridgehead atoms. The predicted octanol–water partition coefficient (Wildman–Crippen LogP) is 4.47. The maximum absolute atomic E-state index is 4.52. The van der Waals surface area contributed by atoms with Crippen LogP contribution in [0, 0.1) is 11.3 Å². The van der Waals surface area contributed by atoms with Crippen molar-refractivity contribution in [2.75, 3.05) is 5.32 Å². The number of hydrogen-bond donors (Lipinski definition) is 1. The molecule has 1 aliphatic rings. The number of nitrogens with one attached hydrogen (secondary N) is 1. The molecule has 2 aromatic rings. The molecule has 0 radical (unpaired) electrons. The molecule has 3 rings (SSSR count). The number of nitrogens with zero attached hydrogens (tertiary/aromatic N) is 1. The van der Waals surface area contributed by atoms with Crippen LogP contribution in [-0.4, -0.2) is 11.0 Å². The highest BCUT2D eigenvalue weighted by molar-refractivity contribution is 5.81. The summed E-state index contributed by atoms with van der Waals surface area (Å²) >= 11 is 0. The van der Waals surface area contributed by atoms with Crippen molar-refractivity contribution in [2.45, 2.75) is 39.7 Å². The largest absolute Gasteiger partial charge is 0.381 e. The van der Waals surface area contributed by atoms with Gasteiger partial charge in [0.05, 0.1) is 17.4 Å². The summed E-state index contributed by atoms with van der Waals surface area (Å²) in [6.07, 6.45) is 4.49. The monoisotopic (exact) mass is 254 g/mol. The fourth-order valence-corrected chi connectivity index (χ4v) is 3.45. The van der Waals surface area contributed by atoms with Crippen molar-refractivity contribution in [3.63, 3.8) is 0 Å². The lowest BCUT2D eigenvalue weighted by molar-refractivity contribution is 0.366. The molecule has 1 aromatic heterocycles. The smallest absolute Gasteiger partial charge is 0.0703 e. The lowest BCUT2D eigenvalue weighted by Crippen LogP contribution is -2.22. The van der Waals surface area contributed by atoms with Crippen molar-refractivity contribution in [1.29, 1.82) is 0 Å². The zero-order valence-corrected chi connectivity index (χ0v) is 12.0. The van der Waals surface area contributed by atoms with Crippen molar-refractivity contribution in [2.24, 2.45) is 11.3 Å². The topological polar surface area (TPSA) is 24.9 Å². The highest BCUT2D eigenvalue weighted by atomic mass is 14.9. The van der Waals surface area contributed by atoms with E-state index in [4.69, 9.17) is 0 Å². The van der Waals surface area contributed by atoms with Crippen LogP contribution in [0.3, 0.4) is 0 Å². The molecule has 2 nitrogen and oxygen atoms in total. The first kappa shape index (κ1) is 12.5. The zero-order valence-electron chi connectivity index (χ0n) is 12.0. The third kappa shape index (κ3) is 2.58. The normalized spacial score (nSPS) is 25.6. The van der Waals surface area contributed by atoms with Gasteiger partial charge in [-0.05, 0) is 36.3 Å². The third-order valence-corrected chi connectivity index (χ3v) is 4.28. The van der Waals surface area contributed by atoms with Crippen LogP contribution in [0.15, 0.2) is 36.5 Å². The molecule has 1 aliphatic carbocycles. The summed E-state index contributed by atoms with van der Waals surface area (Å²) in [6.45, 7) is 7.08. The van der Waals surface area contributed by atoms with E-state index in [0.29, 0.717) is 11.5 Å². The van der Waals surface area contributed by atoms with Gasteiger partial charge in [-0.15, -0.1) is 0 Å². The lowest BCUT2D eigenvalue weighted by atomic mass is 9.91. The molecule has 0 amide bonds. The Morgan fingerprint density at radius 2 is 2.00 bits per heavy atom. The number of pyridine rings is 1. The van der Waals surface area contributed by atoms with E-state index in [-0.39, 0.29) is 0 Å². The number of para-hydroxylation sites is 1. The average Bonchev–Trinajstić information content (AvgIpc) is 2.62. The lowest BCUT2D eigenvalue weighted by Gasteiger charge is -2.19. The minimum absolute atomic E-state index is 0.460. The van der Waals surface area contributed by atoms with E-state index < -0.39 is 0 Å². The molecule has 1 fully saturated rings. The fourth-order valence-electron chi connectivity index (χ4n) is 3.45. The van der Waals surface area contributed by atoms with Crippen LogP contribution in [0.4, 0.5) is 5.69 Å². The highest BCUT2D eigenvalue weighted by Gasteiger charge is 2.36. The van der Waals surface area contributed by atoms with Gasteiger partial charge in [0.1, 0.15) is 0 Å². The quantitative estimate of drug-likeness (QED) is 0.855. The van der Waals surface area contributed by atoms with Crippen molar-refractivity contribution < 1.29 is 0 Å². The van der Waals surface area contributed by atoms with Crippen LogP contribution in [-0.2, 0) is 0 Å². The molecule has 100 valence electrons. The first-order valence-corrected chi connectivity index (χ1v) is 7.15. The van der Waals surface area contributed by atoms with Gasteiger partial charge in [-0.1, -0.05) is 39.0 Å². The first-order valence-electron chi connectivity index (χ1n) is 7.15. The molecule has 2 atom stereocenters. The van der Waals surface area contributed by atoms with E-state index in [1.165, 1.54) is 18.2 Å². The molecule has 1 heterocycles. The van der Waals surface area contributed by atoms with Crippen molar-refractivity contribution >= 4 is 16.6 Å². The highest BCUT2D eigenvalue weighted by Crippen LogP contribution is 2.42. The van der Waals surface area contributed by atoms with Crippen molar-refractivity contribution in [3.05, 3.63) is 36.5 Å². The van der Waals surface area contributed by atoms with Gasteiger partial charge in [-0.2, -0.15) is 0 Å². The average molecular weight is 254 g/mol. The van der Waals surface area contributed by atoms with Gasteiger partial charge in [0.15, 0.2) is 0 Å². The number of anilines is 1. The number of hydrogen-bond acceptors (Lipinski definition) is 2. The Labute approximate surface area is 115 Å². The van der Waals surface area contributed by atoms with E-state index in [0.717, 1.165) is 17.1 Å². The van der Waals surface area contributed by atoms with Crippen LogP contribution < -0.4 is 5.32 Å². The van der Waals surface area contributed by atoms with E-state index >= 15 is 0 Å². The number of fused-ring (bicyclic) bond motifs is 1. The standard InChI is InChI=1S/C17H22N2/c1-12-9-17(2,3)10-16(12)19-14-8-13-6-4-5-7-15(13)18-11-14/h4-8,11-12,16,19H,9-10H2,1-3H3. The second kappa shape index (κ2) is 4.52. The van der Waals surface area contributed by atoms with Crippen LogP contribution in [0.25, 0.3) is 10.9 Å². The molecular formula is C17H22N2. The zero-order chi connectivity index (χ0) is 13.5. The van der Waals surface area contributed by atoms with E-state index in [1.807, 2.05) is 12.3 Å². The Hall–Kier alpha value is -1.57. The Morgan fingerprint density at radius 3 is 2.74 bits per heavy atom. The summed E-state index contributed by atoms with van der Waals surface area (Å²) in [7, 11) is 0. The SMILES string of the molecule is CC1CC(C)(C)CC1Nc1cnc2ccccc2c1. The Kier molecular flexibility index (Phi) is 2.96. The molecule has 2 unspecified atom stereocenters. The second-order valence-corrected chi connectivity index (χ2v) is 6.72. The molecular weight excluding hydrogens is 232 g/mol. The molecule has 1 N–H and O–H groups in total. The summed E-state index contributed by atoms with van der Waals surface area (Å²) < 4.78 is 0. The molecule has 1 aromatic carbocycles. The summed E-state index contributed by atoms with van der Waals surface area (Å²) in [4.78, 5) is 4.52. The molecule has 0 saturated heterocycles. The van der Waals surface area contributed by atoms with Crippen LogP contribution >= 0.6 is 0 Å². The molecule has 19 heavy (non-hydrogen) atoms. The Balaban J connectivity index is 1.82. The van der Waals surface area contributed by atoms with Crippen LogP contribution in [0.1, 0.15) is 33.6 Å². The van der Waals surface area contributed by atoms with Gasteiger partial charge in [0, 0.05) is 11.4 Å². The summed E-state index contributed by atoms with van der Waals surface area (Å²) in [5.74, 6) is 0.724. The van der Waals surface area contributed by atoms with Gasteiger partial charge in [-0.3, -0.25) is 4.98 Å². The molecule has 0 aliphatic heterocycles.